The molecule has 1 aromatic rings. The molecule has 2 amide bonds. The Morgan fingerprint density at radius 2 is 2.15 bits per heavy atom. The fourth-order valence-corrected chi connectivity index (χ4v) is 4.40. The van der Waals surface area contributed by atoms with Crippen LogP contribution in [0.5, 0.6) is 0 Å². The molecule has 3 aliphatic rings. The molecule has 0 spiro atoms. The van der Waals surface area contributed by atoms with E-state index in [9.17, 15) is 14.0 Å². The first-order valence-electron chi connectivity index (χ1n) is 8.89. The summed E-state index contributed by atoms with van der Waals surface area (Å²) >= 11 is 0. The van der Waals surface area contributed by atoms with Crippen molar-refractivity contribution in [2.24, 2.45) is 17.8 Å². The van der Waals surface area contributed by atoms with E-state index < -0.39 is 12.2 Å². The van der Waals surface area contributed by atoms with Crippen molar-refractivity contribution in [1.29, 1.82) is 5.26 Å². The number of anilines is 1. The molecular weight excluding hydrogens is 337 g/mol. The second-order valence-corrected chi connectivity index (χ2v) is 7.41. The number of hydrogen-bond donors (Lipinski definition) is 1. The molecule has 2 aliphatic carbocycles. The molecule has 1 N–H and O–H groups in total. The number of cyclic esters (lactones) is 1. The molecule has 2 saturated carbocycles. The lowest BCUT2D eigenvalue weighted by Gasteiger charge is -2.18. The largest absolute Gasteiger partial charge is 0.442 e. The maximum absolute atomic E-state index is 14.7. The number of nitriles is 1. The number of fused-ring (bicyclic) bond motifs is 1. The molecule has 0 unspecified atom stereocenters. The van der Waals surface area contributed by atoms with Crippen LogP contribution in [0.3, 0.4) is 0 Å². The predicted octanol–water partition coefficient (Wildman–Crippen LogP) is 2.55. The van der Waals surface area contributed by atoms with Gasteiger partial charge in [-0.3, -0.25) is 9.69 Å². The van der Waals surface area contributed by atoms with E-state index in [2.05, 4.69) is 11.4 Å². The molecule has 1 heterocycles. The minimum atomic E-state index is -0.536. The maximum Gasteiger partial charge on any atom is 0.414 e. The predicted molar refractivity (Wildman–Crippen MR) is 90.8 cm³/mol. The van der Waals surface area contributed by atoms with Crippen LogP contribution in [0.15, 0.2) is 18.2 Å². The minimum Gasteiger partial charge on any atom is -0.442 e. The highest BCUT2D eigenvalue weighted by Crippen LogP contribution is 2.62. The number of halogens is 1. The van der Waals surface area contributed by atoms with Gasteiger partial charge in [0.15, 0.2) is 0 Å². The Balaban J connectivity index is 1.43. The number of nitrogens with zero attached hydrogens (tertiary/aromatic N) is 2. The molecule has 3 fully saturated rings. The number of nitrogens with one attached hydrogen (secondary N) is 1. The van der Waals surface area contributed by atoms with Crippen molar-refractivity contribution in [1.82, 2.24) is 5.32 Å². The third kappa shape index (κ3) is 2.90. The van der Waals surface area contributed by atoms with Gasteiger partial charge in [-0.2, -0.15) is 5.26 Å². The molecule has 1 aliphatic heterocycles. The lowest BCUT2D eigenvalue weighted by Crippen LogP contribution is -2.33. The van der Waals surface area contributed by atoms with Crippen molar-refractivity contribution in [3.05, 3.63) is 29.6 Å². The molecule has 4 rings (SSSR count). The van der Waals surface area contributed by atoms with Crippen LogP contribution in [0, 0.1) is 34.9 Å². The highest BCUT2D eigenvalue weighted by atomic mass is 19.1. The Morgan fingerprint density at radius 3 is 2.77 bits per heavy atom. The van der Waals surface area contributed by atoms with E-state index in [1.807, 2.05) is 0 Å². The summed E-state index contributed by atoms with van der Waals surface area (Å²) in [5.74, 6) is 0.651. The van der Waals surface area contributed by atoms with Gasteiger partial charge in [-0.15, -0.1) is 0 Å². The highest BCUT2D eigenvalue weighted by molar-refractivity contribution is 5.89. The van der Waals surface area contributed by atoms with Crippen molar-refractivity contribution in [2.75, 3.05) is 18.0 Å². The van der Waals surface area contributed by atoms with Gasteiger partial charge in [0.1, 0.15) is 11.9 Å². The van der Waals surface area contributed by atoms with Crippen LogP contribution in [0.2, 0.25) is 0 Å². The number of rotatable bonds is 4. The van der Waals surface area contributed by atoms with Gasteiger partial charge in [-0.25, -0.2) is 9.18 Å². The molecule has 136 valence electrons. The average molecular weight is 357 g/mol. The van der Waals surface area contributed by atoms with Crippen LogP contribution >= 0.6 is 0 Å². The molecule has 3 atom stereocenters. The van der Waals surface area contributed by atoms with Crippen LogP contribution in [-0.4, -0.2) is 31.2 Å². The normalized spacial score (nSPS) is 29.9. The van der Waals surface area contributed by atoms with Crippen LogP contribution in [-0.2, 0) is 9.53 Å². The van der Waals surface area contributed by atoms with Crippen molar-refractivity contribution in [3.8, 4) is 6.07 Å². The van der Waals surface area contributed by atoms with E-state index in [4.69, 9.17) is 10.00 Å². The van der Waals surface area contributed by atoms with Gasteiger partial charge in [0.2, 0.25) is 5.91 Å². The second kappa shape index (κ2) is 6.27. The van der Waals surface area contributed by atoms with Crippen molar-refractivity contribution in [2.45, 2.75) is 31.8 Å². The van der Waals surface area contributed by atoms with Gasteiger partial charge in [0.25, 0.3) is 0 Å². The fraction of sp³-hybridized carbons (Fsp3) is 0.526. The first kappa shape index (κ1) is 16.8. The zero-order chi connectivity index (χ0) is 18.4. The van der Waals surface area contributed by atoms with Crippen LogP contribution < -0.4 is 10.2 Å². The maximum atomic E-state index is 14.7. The summed E-state index contributed by atoms with van der Waals surface area (Å²) in [6.45, 7) is 1.91. The Bertz CT molecular complexity index is 794. The van der Waals surface area contributed by atoms with E-state index >= 15 is 0 Å². The number of carbonyl (C=O) groups excluding carboxylic acids is 2. The van der Waals surface area contributed by atoms with Crippen LogP contribution in [0.4, 0.5) is 14.9 Å². The van der Waals surface area contributed by atoms with E-state index in [1.54, 1.807) is 12.1 Å². The molecular formula is C19H20FN3O3. The second-order valence-electron chi connectivity index (χ2n) is 7.41. The van der Waals surface area contributed by atoms with E-state index in [-0.39, 0.29) is 36.6 Å². The van der Waals surface area contributed by atoms with Gasteiger partial charge in [-0.05, 0) is 48.3 Å². The Morgan fingerprint density at radius 1 is 1.42 bits per heavy atom. The zero-order valence-electron chi connectivity index (χ0n) is 14.4. The van der Waals surface area contributed by atoms with Gasteiger partial charge >= 0.3 is 6.09 Å². The smallest absolute Gasteiger partial charge is 0.414 e. The summed E-state index contributed by atoms with van der Waals surface area (Å²) in [5.41, 5.74) is 1.12. The summed E-state index contributed by atoms with van der Waals surface area (Å²) in [4.78, 5) is 24.4. The molecule has 7 heteroatoms. The lowest BCUT2D eigenvalue weighted by atomic mass is 9.92. The average Bonchev–Trinajstić information content (AvgIpc) is 2.93. The lowest BCUT2D eigenvalue weighted by molar-refractivity contribution is -0.119. The molecule has 1 aromatic carbocycles. The van der Waals surface area contributed by atoms with Gasteiger partial charge < -0.3 is 10.1 Å². The number of carbonyl (C=O) groups is 2. The molecule has 1 saturated heterocycles. The molecule has 0 bridgehead atoms. The molecule has 6 nitrogen and oxygen atoms in total. The molecule has 0 aromatic heterocycles. The number of benzene rings is 1. The van der Waals surface area contributed by atoms with E-state index in [0.29, 0.717) is 23.1 Å². The summed E-state index contributed by atoms with van der Waals surface area (Å²) in [7, 11) is 0. The van der Waals surface area contributed by atoms with E-state index in [0.717, 1.165) is 12.8 Å². The number of hydrogen-bond acceptors (Lipinski definition) is 4. The Kier molecular flexibility index (Phi) is 4.06. The van der Waals surface area contributed by atoms with Gasteiger partial charge in [0.05, 0.1) is 30.8 Å². The number of ether oxygens (including phenoxy) is 1. The third-order valence-corrected chi connectivity index (χ3v) is 5.78. The highest BCUT2D eigenvalue weighted by Gasteiger charge is 2.56. The quantitative estimate of drug-likeness (QED) is 0.898. The van der Waals surface area contributed by atoms with Crippen molar-refractivity contribution >= 4 is 17.7 Å². The standard InChI is InChI=1S/C19H20FN3O3/c1-10(24)22-8-13-9-23(19(25)26-13)12-2-3-14(18(20)6-12)11-4-15-16(5-11)17(15)7-21/h2-3,6,11,13,15-17H,4-5,8-9H2,1H3,(H,22,24)/t11?,13-,15-,16-,17?/m0/s1. The van der Waals surface area contributed by atoms with Crippen LogP contribution in [0.1, 0.15) is 31.2 Å². The summed E-state index contributed by atoms with van der Waals surface area (Å²) in [5, 5.41) is 11.6. The fourth-order valence-electron chi connectivity index (χ4n) is 4.40. The summed E-state index contributed by atoms with van der Waals surface area (Å²) in [6, 6.07) is 7.19. The monoisotopic (exact) mass is 357 g/mol. The SMILES string of the molecule is CC(=O)NC[C@H]1CN(c2ccc(C3C[C@@H]4C(C#N)[C@H]4C3)c(F)c2)C(=O)O1. The van der Waals surface area contributed by atoms with E-state index in [1.165, 1.54) is 17.9 Å². The number of amides is 2. The first-order chi connectivity index (χ1) is 12.5. The molecule has 0 radical (unpaired) electrons. The topological polar surface area (TPSA) is 82.4 Å². The van der Waals surface area contributed by atoms with Gasteiger partial charge in [-0.1, -0.05) is 6.07 Å². The van der Waals surface area contributed by atoms with Crippen molar-refractivity contribution < 1.29 is 18.7 Å². The minimum absolute atomic E-state index is 0.154. The van der Waals surface area contributed by atoms with Gasteiger partial charge in [0, 0.05) is 6.92 Å². The molecule has 26 heavy (non-hydrogen) atoms. The summed E-state index contributed by atoms with van der Waals surface area (Å²) in [6.07, 6.45) is 0.749. The van der Waals surface area contributed by atoms with Crippen LogP contribution in [0.25, 0.3) is 0 Å². The zero-order valence-corrected chi connectivity index (χ0v) is 14.4. The Hall–Kier alpha value is -2.62. The first-order valence-corrected chi connectivity index (χ1v) is 8.89. The summed E-state index contributed by atoms with van der Waals surface area (Å²) < 4.78 is 19.9. The third-order valence-electron chi connectivity index (χ3n) is 5.78. The Labute approximate surface area is 150 Å². The van der Waals surface area contributed by atoms with Crippen molar-refractivity contribution in [3.63, 3.8) is 0 Å².